The number of ether oxygens (including phenoxy) is 2. The largest absolute Gasteiger partial charge is 0.493 e. The van der Waals surface area contributed by atoms with Crippen molar-refractivity contribution in [1.82, 2.24) is 4.98 Å². The minimum Gasteiger partial charge on any atom is -0.493 e. The van der Waals surface area contributed by atoms with Crippen molar-refractivity contribution in [2.45, 2.75) is 6.61 Å². The second-order valence-corrected chi connectivity index (χ2v) is 4.51. The molecule has 5 nitrogen and oxygen atoms in total. The van der Waals surface area contributed by atoms with Crippen LogP contribution in [0.1, 0.15) is 5.56 Å². The van der Waals surface area contributed by atoms with E-state index >= 15 is 0 Å². The Labute approximate surface area is 121 Å². The highest BCUT2D eigenvalue weighted by atomic mass is 16.5. The molecule has 0 bridgehead atoms. The molecule has 0 spiro atoms. The highest BCUT2D eigenvalue weighted by Crippen LogP contribution is 2.33. The number of fused-ring (bicyclic) bond motifs is 1. The Balaban J connectivity index is 2.12. The number of aliphatic hydroxyl groups is 1. The minimum atomic E-state index is -0.0854. The lowest BCUT2D eigenvalue weighted by Crippen LogP contribution is -1.90. The Hall–Kier alpha value is -2.53. The Morgan fingerprint density at radius 3 is 2.62 bits per heavy atom. The molecule has 1 N–H and O–H groups in total. The summed E-state index contributed by atoms with van der Waals surface area (Å²) in [6.07, 6.45) is 0. The van der Waals surface area contributed by atoms with Gasteiger partial charge in [-0.1, -0.05) is 12.1 Å². The summed E-state index contributed by atoms with van der Waals surface area (Å²) in [5.41, 5.74) is 2.82. The smallest absolute Gasteiger partial charge is 0.227 e. The van der Waals surface area contributed by atoms with Gasteiger partial charge in [-0.05, 0) is 24.3 Å². The lowest BCUT2D eigenvalue weighted by atomic mass is 10.2. The van der Waals surface area contributed by atoms with Gasteiger partial charge in [-0.2, -0.15) is 0 Å². The van der Waals surface area contributed by atoms with E-state index in [4.69, 9.17) is 13.9 Å². The Morgan fingerprint density at radius 2 is 1.90 bits per heavy atom. The standard InChI is InChI=1S/C16H15NO4/c1-19-13-7-6-10(8-14(13)20-2)16-17-12-5-3-4-11(9-18)15(12)21-16/h3-8,18H,9H2,1-2H3. The van der Waals surface area contributed by atoms with Gasteiger partial charge in [-0.3, -0.25) is 0 Å². The summed E-state index contributed by atoms with van der Waals surface area (Å²) < 4.78 is 16.3. The SMILES string of the molecule is COc1ccc(-c2nc3cccc(CO)c3o2)cc1OC. The van der Waals surface area contributed by atoms with Crippen LogP contribution in [0, 0.1) is 0 Å². The van der Waals surface area contributed by atoms with E-state index < -0.39 is 0 Å². The van der Waals surface area contributed by atoms with Crippen LogP contribution in [0.25, 0.3) is 22.6 Å². The second-order valence-electron chi connectivity index (χ2n) is 4.51. The van der Waals surface area contributed by atoms with Crippen molar-refractivity contribution in [2.24, 2.45) is 0 Å². The van der Waals surface area contributed by atoms with E-state index in [0.717, 1.165) is 5.56 Å². The van der Waals surface area contributed by atoms with E-state index in [9.17, 15) is 5.11 Å². The molecule has 108 valence electrons. The van der Waals surface area contributed by atoms with Crippen LogP contribution in [0.15, 0.2) is 40.8 Å². The predicted molar refractivity (Wildman–Crippen MR) is 78.5 cm³/mol. The number of aliphatic hydroxyl groups excluding tert-OH is 1. The topological polar surface area (TPSA) is 64.7 Å². The van der Waals surface area contributed by atoms with Crippen LogP contribution in [0.4, 0.5) is 0 Å². The minimum absolute atomic E-state index is 0.0854. The lowest BCUT2D eigenvalue weighted by molar-refractivity contribution is 0.282. The van der Waals surface area contributed by atoms with Crippen LogP contribution >= 0.6 is 0 Å². The molecule has 0 saturated heterocycles. The van der Waals surface area contributed by atoms with Crippen molar-refractivity contribution in [2.75, 3.05) is 14.2 Å². The number of benzene rings is 2. The van der Waals surface area contributed by atoms with Crippen molar-refractivity contribution in [3.05, 3.63) is 42.0 Å². The van der Waals surface area contributed by atoms with Gasteiger partial charge >= 0.3 is 0 Å². The molecular weight excluding hydrogens is 270 g/mol. The first-order chi connectivity index (χ1) is 10.3. The third-order valence-corrected chi connectivity index (χ3v) is 3.30. The first-order valence-electron chi connectivity index (χ1n) is 6.48. The van der Waals surface area contributed by atoms with E-state index in [1.165, 1.54) is 0 Å². The van der Waals surface area contributed by atoms with Gasteiger partial charge in [0.1, 0.15) is 5.52 Å². The molecule has 5 heteroatoms. The molecule has 0 fully saturated rings. The zero-order valence-electron chi connectivity index (χ0n) is 11.8. The van der Waals surface area contributed by atoms with Crippen LogP contribution in [-0.2, 0) is 6.61 Å². The van der Waals surface area contributed by atoms with E-state index in [1.807, 2.05) is 30.3 Å². The molecule has 0 aliphatic carbocycles. The Bertz CT molecular complexity index is 779. The van der Waals surface area contributed by atoms with Gasteiger partial charge in [0, 0.05) is 11.1 Å². The van der Waals surface area contributed by atoms with Gasteiger partial charge in [0.15, 0.2) is 17.1 Å². The third kappa shape index (κ3) is 2.32. The maximum Gasteiger partial charge on any atom is 0.227 e. The molecule has 0 amide bonds. The van der Waals surface area contributed by atoms with Crippen molar-refractivity contribution in [3.8, 4) is 23.0 Å². The molecule has 21 heavy (non-hydrogen) atoms. The molecule has 0 aliphatic rings. The normalized spacial score (nSPS) is 10.8. The summed E-state index contributed by atoms with van der Waals surface area (Å²) in [5, 5.41) is 9.34. The summed E-state index contributed by atoms with van der Waals surface area (Å²) >= 11 is 0. The van der Waals surface area contributed by atoms with E-state index in [2.05, 4.69) is 4.98 Å². The molecule has 0 unspecified atom stereocenters. The van der Waals surface area contributed by atoms with Gasteiger partial charge in [-0.15, -0.1) is 0 Å². The number of aromatic nitrogens is 1. The molecule has 0 atom stereocenters. The summed E-state index contributed by atoms with van der Waals surface area (Å²) in [6, 6.07) is 11.0. The quantitative estimate of drug-likeness (QED) is 0.798. The van der Waals surface area contributed by atoms with Gasteiger partial charge < -0.3 is 19.0 Å². The highest BCUT2D eigenvalue weighted by molar-refractivity contribution is 5.79. The van der Waals surface area contributed by atoms with E-state index in [0.29, 0.717) is 34.1 Å². The molecule has 1 aromatic heterocycles. The number of hydrogen-bond donors (Lipinski definition) is 1. The van der Waals surface area contributed by atoms with Gasteiger partial charge in [-0.25, -0.2) is 4.98 Å². The molecule has 0 aliphatic heterocycles. The second kappa shape index (κ2) is 5.46. The summed E-state index contributed by atoms with van der Waals surface area (Å²) in [5.74, 6) is 1.74. The lowest BCUT2D eigenvalue weighted by Gasteiger charge is -2.07. The summed E-state index contributed by atoms with van der Waals surface area (Å²) in [6.45, 7) is -0.0854. The molecular formula is C16H15NO4. The number of oxazole rings is 1. The Morgan fingerprint density at radius 1 is 1.10 bits per heavy atom. The number of para-hydroxylation sites is 1. The van der Waals surface area contributed by atoms with Crippen molar-refractivity contribution in [3.63, 3.8) is 0 Å². The fraction of sp³-hybridized carbons (Fsp3) is 0.188. The van der Waals surface area contributed by atoms with Crippen LogP contribution in [0.2, 0.25) is 0 Å². The van der Waals surface area contributed by atoms with E-state index in [-0.39, 0.29) is 6.61 Å². The summed E-state index contributed by atoms with van der Waals surface area (Å²) in [7, 11) is 3.17. The predicted octanol–water partition coefficient (Wildman–Crippen LogP) is 3.00. The number of hydrogen-bond acceptors (Lipinski definition) is 5. The Kier molecular flexibility index (Phi) is 3.50. The van der Waals surface area contributed by atoms with Crippen LogP contribution in [0.3, 0.4) is 0 Å². The van der Waals surface area contributed by atoms with E-state index in [1.54, 1.807) is 20.3 Å². The van der Waals surface area contributed by atoms with Crippen molar-refractivity contribution in [1.29, 1.82) is 0 Å². The highest BCUT2D eigenvalue weighted by Gasteiger charge is 2.13. The van der Waals surface area contributed by atoms with Gasteiger partial charge in [0.2, 0.25) is 5.89 Å². The van der Waals surface area contributed by atoms with Crippen LogP contribution < -0.4 is 9.47 Å². The summed E-state index contributed by atoms with van der Waals surface area (Å²) in [4.78, 5) is 4.45. The molecule has 3 rings (SSSR count). The number of methoxy groups -OCH3 is 2. The zero-order chi connectivity index (χ0) is 14.8. The third-order valence-electron chi connectivity index (χ3n) is 3.30. The maximum atomic E-state index is 9.34. The molecule has 2 aromatic carbocycles. The first-order valence-corrected chi connectivity index (χ1v) is 6.48. The maximum absolute atomic E-state index is 9.34. The molecule has 1 heterocycles. The molecule has 0 saturated carbocycles. The fourth-order valence-electron chi connectivity index (χ4n) is 2.22. The average Bonchev–Trinajstić information content (AvgIpc) is 2.98. The number of rotatable bonds is 4. The average molecular weight is 285 g/mol. The van der Waals surface area contributed by atoms with Crippen molar-refractivity contribution >= 4 is 11.1 Å². The van der Waals surface area contributed by atoms with Gasteiger partial charge in [0.05, 0.1) is 20.8 Å². The fourth-order valence-corrected chi connectivity index (χ4v) is 2.22. The van der Waals surface area contributed by atoms with Gasteiger partial charge in [0.25, 0.3) is 0 Å². The molecule has 3 aromatic rings. The number of nitrogens with zero attached hydrogens (tertiary/aromatic N) is 1. The molecule has 0 radical (unpaired) electrons. The van der Waals surface area contributed by atoms with Crippen LogP contribution in [-0.4, -0.2) is 24.3 Å². The van der Waals surface area contributed by atoms with Crippen molar-refractivity contribution < 1.29 is 19.0 Å². The van der Waals surface area contributed by atoms with Crippen LogP contribution in [0.5, 0.6) is 11.5 Å². The first kappa shape index (κ1) is 13.5. The monoisotopic (exact) mass is 285 g/mol. The zero-order valence-corrected chi connectivity index (χ0v) is 11.8.